The summed E-state index contributed by atoms with van der Waals surface area (Å²) in [7, 11) is 0. The maximum Gasteiger partial charge on any atom is 0.141 e. The summed E-state index contributed by atoms with van der Waals surface area (Å²) >= 11 is 0. The zero-order chi connectivity index (χ0) is 13.9. The first-order chi connectivity index (χ1) is 9.72. The van der Waals surface area contributed by atoms with Gasteiger partial charge in [0.15, 0.2) is 0 Å². The highest BCUT2D eigenvalue weighted by Crippen LogP contribution is 2.36. The lowest BCUT2D eigenvalue weighted by Gasteiger charge is -2.41. The zero-order valence-electron chi connectivity index (χ0n) is 12.0. The van der Waals surface area contributed by atoms with Crippen molar-refractivity contribution >= 4 is 5.84 Å². The number of piperidine rings is 1. The van der Waals surface area contributed by atoms with Gasteiger partial charge >= 0.3 is 0 Å². The number of hydrogen-bond acceptors (Lipinski definition) is 3. The van der Waals surface area contributed by atoms with Crippen LogP contribution in [0.2, 0.25) is 0 Å². The molecule has 1 saturated heterocycles. The van der Waals surface area contributed by atoms with Crippen molar-refractivity contribution in [2.45, 2.75) is 38.6 Å². The lowest BCUT2D eigenvalue weighted by molar-refractivity contribution is 0.0820. The Kier molecular flexibility index (Phi) is 4.01. The molecular formula is C16H24N4. The minimum Gasteiger partial charge on any atom is -0.382 e. The van der Waals surface area contributed by atoms with Crippen molar-refractivity contribution in [1.82, 2.24) is 9.88 Å². The van der Waals surface area contributed by atoms with Crippen molar-refractivity contribution in [3.05, 3.63) is 29.6 Å². The summed E-state index contributed by atoms with van der Waals surface area (Å²) in [6.45, 7) is 3.41. The summed E-state index contributed by atoms with van der Waals surface area (Å²) in [5.41, 5.74) is 7.32. The summed E-state index contributed by atoms with van der Waals surface area (Å²) in [6.07, 6.45) is 8.83. The van der Waals surface area contributed by atoms with Gasteiger partial charge in [-0.15, -0.1) is 0 Å². The minimum absolute atomic E-state index is 0.0536. The van der Waals surface area contributed by atoms with E-state index in [1.54, 1.807) is 6.20 Å². The van der Waals surface area contributed by atoms with E-state index in [2.05, 4.69) is 9.88 Å². The van der Waals surface area contributed by atoms with Gasteiger partial charge in [-0.25, -0.2) is 0 Å². The molecule has 1 aromatic heterocycles. The molecule has 0 spiro atoms. The van der Waals surface area contributed by atoms with Crippen molar-refractivity contribution < 1.29 is 0 Å². The number of pyridine rings is 1. The first-order valence-electron chi connectivity index (χ1n) is 7.74. The van der Waals surface area contributed by atoms with E-state index in [-0.39, 0.29) is 5.84 Å². The van der Waals surface area contributed by atoms with E-state index in [1.807, 2.05) is 12.1 Å². The van der Waals surface area contributed by atoms with Gasteiger partial charge in [0.1, 0.15) is 11.5 Å². The van der Waals surface area contributed by atoms with Crippen molar-refractivity contribution in [2.75, 3.05) is 13.1 Å². The van der Waals surface area contributed by atoms with Gasteiger partial charge in [0.05, 0.1) is 0 Å². The molecule has 1 saturated carbocycles. The number of hydrogen-bond donors (Lipinski definition) is 2. The van der Waals surface area contributed by atoms with Crippen LogP contribution in [0.1, 0.15) is 43.4 Å². The zero-order valence-corrected chi connectivity index (χ0v) is 12.0. The Bertz CT molecular complexity index is 485. The van der Waals surface area contributed by atoms with Crippen LogP contribution in [-0.4, -0.2) is 28.8 Å². The van der Waals surface area contributed by atoms with Crippen LogP contribution in [0.15, 0.2) is 18.3 Å². The lowest BCUT2D eigenvalue weighted by Crippen LogP contribution is -2.41. The van der Waals surface area contributed by atoms with Crippen molar-refractivity contribution in [2.24, 2.45) is 17.6 Å². The third-order valence-corrected chi connectivity index (χ3v) is 4.88. The molecule has 108 valence electrons. The Morgan fingerprint density at radius 2 is 2.10 bits per heavy atom. The molecule has 2 aliphatic rings. The molecular weight excluding hydrogens is 248 g/mol. The quantitative estimate of drug-likeness (QED) is 0.656. The third kappa shape index (κ3) is 3.01. The molecule has 0 amide bonds. The maximum absolute atomic E-state index is 7.47. The van der Waals surface area contributed by atoms with Crippen LogP contribution in [0.5, 0.6) is 0 Å². The molecule has 2 fully saturated rings. The number of nitrogens with two attached hydrogens (primary N) is 1. The Morgan fingerprint density at radius 1 is 1.30 bits per heavy atom. The van der Waals surface area contributed by atoms with Crippen LogP contribution in [0.25, 0.3) is 0 Å². The average Bonchev–Trinajstić information content (AvgIpc) is 2.47. The predicted octanol–water partition coefficient (Wildman–Crippen LogP) is 2.38. The van der Waals surface area contributed by atoms with Crippen LogP contribution in [0.3, 0.4) is 0 Å². The van der Waals surface area contributed by atoms with E-state index in [4.69, 9.17) is 11.1 Å². The summed E-state index contributed by atoms with van der Waals surface area (Å²) in [6, 6.07) is 3.99. The summed E-state index contributed by atoms with van der Waals surface area (Å²) in [4.78, 5) is 6.69. The fraction of sp³-hybridized carbons (Fsp3) is 0.625. The summed E-state index contributed by atoms with van der Waals surface area (Å²) < 4.78 is 0. The third-order valence-electron chi connectivity index (χ3n) is 4.88. The van der Waals surface area contributed by atoms with Gasteiger partial charge in [0, 0.05) is 19.3 Å². The van der Waals surface area contributed by atoms with Gasteiger partial charge in [-0.2, -0.15) is 0 Å². The fourth-order valence-electron chi connectivity index (χ4n) is 3.80. The van der Waals surface area contributed by atoms with Gasteiger partial charge in [-0.1, -0.05) is 19.3 Å². The SMILES string of the molecule is N=C(N)c1cc(CN2CCC3CCCCC3C2)ccn1. The molecule has 2 unspecified atom stereocenters. The van der Waals surface area contributed by atoms with Gasteiger partial charge in [-0.05, 0) is 48.9 Å². The van der Waals surface area contributed by atoms with Crippen molar-refractivity contribution in [1.29, 1.82) is 5.41 Å². The maximum atomic E-state index is 7.47. The van der Waals surface area contributed by atoms with E-state index < -0.39 is 0 Å². The molecule has 2 heterocycles. The standard InChI is InChI=1S/C16H24N4/c17-16(18)15-9-12(5-7-19-15)10-20-8-6-13-3-1-2-4-14(13)11-20/h5,7,9,13-14H,1-4,6,8,10-11H2,(H3,17,18). The number of likely N-dealkylation sites (tertiary alicyclic amines) is 1. The largest absolute Gasteiger partial charge is 0.382 e. The van der Waals surface area contributed by atoms with Crippen LogP contribution < -0.4 is 5.73 Å². The lowest BCUT2D eigenvalue weighted by atomic mass is 9.75. The second kappa shape index (κ2) is 5.92. The summed E-state index contributed by atoms with van der Waals surface area (Å²) in [5, 5.41) is 7.47. The average molecular weight is 272 g/mol. The fourth-order valence-corrected chi connectivity index (χ4v) is 3.80. The highest BCUT2D eigenvalue weighted by molar-refractivity contribution is 5.93. The molecule has 4 heteroatoms. The molecule has 0 aromatic carbocycles. The van der Waals surface area contributed by atoms with E-state index in [0.717, 1.165) is 18.4 Å². The van der Waals surface area contributed by atoms with Crippen LogP contribution in [-0.2, 0) is 6.54 Å². The molecule has 2 atom stereocenters. The molecule has 1 aliphatic heterocycles. The molecule has 0 bridgehead atoms. The van der Waals surface area contributed by atoms with E-state index in [9.17, 15) is 0 Å². The minimum atomic E-state index is 0.0536. The number of rotatable bonds is 3. The van der Waals surface area contributed by atoms with Gasteiger partial charge in [0.25, 0.3) is 0 Å². The van der Waals surface area contributed by atoms with E-state index in [1.165, 1.54) is 50.8 Å². The number of amidine groups is 1. The number of nitrogens with one attached hydrogen (secondary N) is 1. The number of nitrogens with zero attached hydrogens (tertiary/aromatic N) is 2. The van der Waals surface area contributed by atoms with E-state index >= 15 is 0 Å². The predicted molar refractivity (Wildman–Crippen MR) is 80.6 cm³/mol. The Balaban J connectivity index is 1.63. The molecule has 1 aliphatic carbocycles. The monoisotopic (exact) mass is 272 g/mol. The Hall–Kier alpha value is -1.42. The van der Waals surface area contributed by atoms with Crippen molar-refractivity contribution in [3.8, 4) is 0 Å². The molecule has 0 radical (unpaired) electrons. The molecule has 4 nitrogen and oxygen atoms in total. The first-order valence-corrected chi connectivity index (χ1v) is 7.74. The highest BCUT2D eigenvalue weighted by Gasteiger charge is 2.30. The smallest absolute Gasteiger partial charge is 0.141 e. The Labute approximate surface area is 120 Å². The number of fused-ring (bicyclic) bond motifs is 1. The highest BCUT2D eigenvalue weighted by atomic mass is 15.1. The topological polar surface area (TPSA) is 66.0 Å². The molecule has 20 heavy (non-hydrogen) atoms. The number of aromatic nitrogens is 1. The first kappa shape index (κ1) is 13.6. The molecule has 1 aromatic rings. The van der Waals surface area contributed by atoms with Crippen LogP contribution in [0.4, 0.5) is 0 Å². The van der Waals surface area contributed by atoms with Gasteiger partial charge in [-0.3, -0.25) is 15.3 Å². The van der Waals surface area contributed by atoms with Crippen LogP contribution in [0, 0.1) is 17.2 Å². The molecule has 3 N–H and O–H groups in total. The van der Waals surface area contributed by atoms with Gasteiger partial charge < -0.3 is 5.73 Å². The summed E-state index contributed by atoms with van der Waals surface area (Å²) in [5.74, 6) is 1.94. The Morgan fingerprint density at radius 3 is 2.90 bits per heavy atom. The van der Waals surface area contributed by atoms with E-state index in [0.29, 0.717) is 5.69 Å². The second-order valence-corrected chi connectivity index (χ2v) is 6.29. The second-order valence-electron chi connectivity index (χ2n) is 6.29. The van der Waals surface area contributed by atoms with Crippen molar-refractivity contribution in [3.63, 3.8) is 0 Å². The van der Waals surface area contributed by atoms with Gasteiger partial charge in [0.2, 0.25) is 0 Å². The molecule has 3 rings (SSSR count). The number of nitrogen functional groups attached to an aromatic ring is 1. The van der Waals surface area contributed by atoms with Crippen LogP contribution >= 0.6 is 0 Å². The normalized spacial score (nSPS) is 27.0.